The van der Waals surface area contributed by atoms with Crippen molar-refractivity contribution in [2.75, 3.05) is 45.3 Å². The number of fused-ring (bicyclic) bond motifs is 1. The van der Waals surface area contributed by atoms with Crippen molar-refractivity contribution >= 4 is 33.2 Å². The van der Waals surface area contributed by atoms with Crippen LogP contribution < -0.4 is 14.8 Å². The number of hydrogen-bond donors (Lipinski definition) is 1. The second kappa shape index (κ2) is 7.83. The maximum atomic E-state index is 12.9. The Kier molecular flexibility index (Phi) is 5.39. The summed E-state index contributed by atoms with van der Waals surface area (Å²) in [6.45, 7) is 2.28. The van der Waals surface area contributed by atoms with Crippen molar-refractivity contribution in [1.82, 2.24) is 9.21 Å². The highest BCUT2D eigenvalue weighted by Gasteiger charge is 2.28. The lowest BCUT2D eigenvalue weighted by Crippen LogP contribution is -2.47. The highest BCUT2D eigenvalue weighted by molar-refractivity contribution is 7.89. The minimum Gasteiger partial charge on any atom is -0.454 e. The number of nitrogens with zero attached hydrogens (tertiary/aromatic N) is 2. The van der Waals surface area contributed by atoms with Crippen LogP contribution in [0, 0.1) is 0 Å². The minimum atomic E-state index is -3.63. The first kappa shape index (κ1) is 20.0. The van der Waals surface area contributed by atoms with Crippen molar-refractivity contribution in [2.45, 2.75) is 4.90 Å². The molecule has 0 saturated carbocycles. The Morgan fingerprint density at radius 3 is 2.62 bits per heavy atom. The van der Waals surface area contributed by atoms with E-state index in [1.165, 1.54) is 28.6 Å². The Morgan fingerprint density at radius 2 is 1.86 bits per heavy atom. The van der Waals surface area contributed by atoms with Gasteiger partial charge in [0.25, 0.3) is 5.91 Å². The van der Waals surface area contributed by atoms with Crippen molar-refractivity contribution in [3.05, 3.63) is 47.0 Å². The zero-order chi connectivity index (χ0) is 20.6. The van der Waals surface area contributed by atoms with Crippen molar-refractivity contribution in [2.24, 2.45) is 0 Å². The normalized spacial score (nSPS) is 17.3. The van der Waals surface area contributed by atoms with Gasteiger partial charge in [-0.2, -0.15) is 4.31 Å². The highest BCUT2D eigenvalue weighted by Crippen LogP contribution is 2.39. The second-order valence-electron chi connectivity index (χ2n) is 6.88. The molecule has 1 saturated heterocycles. The fraction of sp³-hybridized carbons (Fsp3) is 0.316. The van der Waals surface area contributed by atoms with Gasteiger partial charge in [-0.3, -0.25) is 4.79 Å². The first-order chi connectivity index (χ1) is 13.8. The van der Waals surface area contributed by atoms with Crippen LogP contribution in [0.25, 0.3) is 0 Å². The molecule has 0 aliphatic carbocycles. The van der Waals surface area contributed by atoms with Gasteiger partial charge in [0.1, 0.15) is 0 Å². The average molecular weight is 438 g/mol. The molecule has 2 aliphatic rings. The molecule has 0 unspecified atom stereocenters. The number of anilines is 1. The number of sulfonamides is 1. The lowest BCUT2D eigenvalue weighted by atomic mass is 10.2. The lowest BCUT2D eigenvalue weighted by molar-refractivity contribution is 0.102. The van der Waals surface area contributed by atoms with Crippen molar-refractivity contribution in [1.29, 1.82) is 0 Å². The van der Waals surface area contributed by atoms with E-state index < -0.39 is 15.9 Å². The van der Waals surface area contributed by atoms with E-state index in [4.69, 9.17) is 21.1 Å². The van der Waals surface area contributed by atoms with Gasteiger partial charge in [0.15, 0.2) is 11.5 Å². The molecule has 0 bridgehead atoms. The largest absolute Gasteiger partial charge is 0.454 e. The maximum Gasteiger partial charge on any atom is 0.255 e. The Labute approximate surface area is 174 Å². The van der Waals surface area contributed by atoms with Crippen LogP contribution in [0.2, 0.25) is 5.02 Å². The number of hydrogen-bond acceptors (Lipinski definition) is 6. The molecule has 10 heteroatoms. The third kappa shape index (κ3) is 4.04. The van der Waals surface area contributed by atoms with Gasteiger partial charge in [0.05, 0.1) is 9.92 Å². The number of carbonyl (C=O) groups excluding carboxylic acids is 1. The first-order valence-electron chi connectivity index (χ1n) is 9.04. The molecule has 1 amide bonds. The summed E-state index contributed by atoms with van der Waals surface area (Å²) in [7, 11) is -1.66. The number of rotatable bonds is 4. The van der Waals surface area contributed by atoms with Gasteiger partial charge in [-0.25, -0.2) is 8.42 Å². The third-order valence-electron chi connectivity index (χ3n) is 4.88. The van der Waals surface area contributed by atoms with Crippen molar-refractivity contribution in [3.8, 4) is 11.5 Å². The van der Waals surface area contributed by atoms with Crippen LogP contribution in [0.3, 0.4) is 0 Å². The number of halogens is 1. The SMILES string of the molecule is CN1CCN(S(=O)(=O)c2cccc(NC(=O)c3cc(Cl)c4c(c3)OCO4)c2)CC1. The number of nitrogens with one attached hydrogen (secondary N) is 1. The summed E-state index contributed by atoms with van der Waals surface area (Å²) in [6.07, 6.45) is 0. The molecule has 2 aromatic carbocycles. The van der Waals surface area contributed by atoms with Crippen LogP contribution in [-0.4, -0.2) is 63.5 Å². The standard InChI is InChI=1S/C19H20ClN3O5S/c1-22-5-7-23(8-6-22)29(25,26)15-4-2-3-14(11-15)21-19(24)13-9-16(20)18-17(10-13)27-12-28-18/h2-4,9-11H,5-8,12H2,1H3,(H,21,24). The number of likely N-dealkylation sites (N-methyl/N-ethyl adjacent to an activating group) is 1. The molecule has 2 aliphatic heterocycles. The van der Waals surface area contributed by atoms with Crippen LogP contribution in [0.15, 0.2) is 41.3 Å². The molecule has 2 heterocycles. The van der Waals surface area contributed by atoms with E-state index in [1.54, 1.807) is 12.1 Å². The van der Waals surface area contributed by atoms with Gasteiger partial charge >= 0.3 is 0 Å². The summed E-state index contributed by atoms with van der Waals surface area (Å²) in [4.78, 5) is 14.9. The Balaban J connectivity index is 1.53. The van der Waals surface area contributed by atoms with E-state index in [9.17, 15) is 13.2 Å². The fourth-order valence-corrected chi connectivity index (χ4v) is 4.95. The fourth-order valence-electron chi connectivity index (χ4n) is 3.21. The van der Waals surface area contributed by atoms with Gasteiger partial charge in [-0.15, -0.1) is 0 Å². The minimum absolute atomic E-state index is 0.0479. The monoisotopic (exact) mass is 437 g/mol. The van der Waals surface area contributed by atoms with E-state index in [2.05, 4.69) is 10.2 Å². The second-order valence-corrected chi connectivity index (χ2v) is 9.23. The summed E-state index contributed by atoms with van der Waals surface area (Å²) in [5.74, 6) is 0.372. The topological polar surface area (TPSA) is 88.2 Å². The molecule has 0 radical (unpaired) electrons. The van der Waals surface area contributed by atoms with E-state index in [0.717, 1.165) is 0 Å². The smallest absolute Gasteiger partial charge is 0.255 e. The van der Waals surface area contributed by atoms with E-state index in [0.29, 0.717) is 43.4 Å². The maximum absolute atomic E-state index is 12.9. The van der Waals surface area contributed by atoms with Gasteiger partial charge in [0, 0.05) is 37.4 Å². The Morgan fingerprint density at radius 1 is 1.10 bits per heavy atom. The molecule has 0 aromatic heterocycles. The highest BCUT2D eigenvalue weighted by atomic mass is 35.5. The van der Waals surface area contributed by atoms with Crippen LogP contribution in [-0.2, 0) is 10.0 Å². The molecule has 29 heavy (non-hydrogen) atoms. The molecule has 2 aromatic rings. The first-order valence-corrected chi connectivity index (χ1v) is 10.9. The summed E-state index contributed by atoms with van der Waals surface area (Å²) in [6, 6.07) is 9.24. The molecular weight excluding hydrogens is 418 g/mol. The zero-order valence-corrected chi connectivity index (χ0v) is 17.3. The Hall–Kier alpha value is -2.33. The molecular formula is C19H20ClN3O5S. The quantitative estimate of drug-likeness (QED) is 0.789. The van der Waals surface area contributed by atoms with Crippen LogP contribution in [0.5, 0.6) is 11.5 Å². The molecule has 0 spiro atoms. The third-order valence-corrected chi connectivity index (χ3v) is 7.06. The molecule has 4 rings (SSSR count). The molecule has 1 N–H and O–H groups in total. The van der Waals surface area contributed by atoms with Gasteiger partial charge in [0.2, 0.25) is 16.8 Å². The number of benzene rings is 2. The Bertz CT molecular complexity index is 1050. The number of piperazine rings is 1. The van der Waals surface area contributed by atoms with Crippen molar-refractivity contribution < 1.29 is 22.7 Å². The molecule has 0 atom stereocenters. The van der Waals surface area contributed by atoms with Crippen LogP contribution in [0.4, 0.5) is 5.69 Å². The summed E-state index contributed by atoms with van der Waals surface area (Å²) < 4.78 is 37.8. The van der Waals surface area contributed by atoms with E-state index >= 15 is 0 Å². The van der Waals surface area contributed by atoms with Crippen LogP contribution >= 0.6 is 11.6 Å². The number of ether oxygens (including phenoxy) is 2. The summed E-state index contributed by atoms with van der Waals surface area (Å²) in [5.41, 5.74) is 0.658. The van der Waals surface area contributed by atoms with Crippen LogP contribution in [0.1, 0.15) is 10.4 Å². The molecule has 1 fully saturated rings. The van der Waals surface area contributed by atoms with Crippen molar-refractivity contribution in [3.63, 3.8) is 0 Å². The number of amides is 1. The molecule has 154 valence electrons. The lowest BCUT2D eigenvalue weighted by Gasteiger charge is -2.31. The van der Waals surface area contributed by atoms with E-state index in [-0.39, 0.29) is 22.3 Å². The summed E-state index contributed by atoms with van der Waals surface area (Å²) in [5, 5.41) is 2.99. The summed E-state index contributed by atoms with van der Waals surface area (Å²) >= 11 is 6.13. The predicted molar refractivity (Wildman–Crippen MR) is 108 cm³/mol. The van der Waals surface area contributed by atoms with Gasteiger partial charge in [-0.1, -0.05) is 17.7 Å². The molecule has 8 nitrogen and oxygen atoms in total. The average Bonchev–Trinajstić information content (AvgIpc) is 3.18. The predicted octanol–water partition coefficient (Wildman–Crippen LogP) is 2.26. The zero-order valence-electron chi connectivity index (χ0n) is 15.7. The van der Waals surface area contributed by atoms with Gasteiger partial charge in [-0.05, 0) is 37.4 Å². The van der Waals surface area contributed by atoms with E-state index in [1.807, 2.05) is 7.05 Å². The van der Waals surface area contributed by atoms with Gasteiger partial charge < -0.3 is 19.7 Å². The number of carbonyl (C=O) groups is 1.